The van der Waals surface area contributed by atoms with Crippen molar-refractivity contribution in [1.82, 2.24) is 9.78 Å². The van der Waals surface area contributed by atoms with Gasteiger partial charge in [-0.1, -0.05) is 11.6 Å². The zero-order valence-electron chi connectivity index (χ0n) is 8.74. The molecule has 1 N–H and O–H groups in total. The lowest BCUT2D eigenvalue weighted by Gasteiger charge is -2.11. The summed E-state index contributed by atoms with van der Waals surface area (Å²) < 4.78 is 29.6. The van der Waals surface area contributed by atoms with E-state index in [1.54, 1.807) is 7.05 Å². The first-order valence-electron chi connectivity index (χ1n) is 4.73. The van der Waals surface area contributed by atoms with E-state index in [-0.39, 0.29) is 13.0 Å². The summed E-state index contributed by atoms with van der Waals surface area (Å²) in [5.74, 6) is 0. The van der Waals surface area contributed by atoms with Crippen molar-refractivity contribution in [3.8, 4) is 0 Å². The van der Waals surface area contributed by atoms with Gasteiger partial charge in [0, 0.05) is 20.1 Å². The average Bonchev–Trinajstić information content (AvgIpc) is 2.53. The number of aliphatic hydroxyl groups excluding tert-OH is 1. The molecule has 1 aromatic rings. The second kappa shape index (κ2) is 6.12. The molecule has 0 spiro atoms. The second-order valence-electron chi connectivity index (χ2n) is 3.27. The Balaban J connectivity index is 2.38. The van der Waals surface area contributed by atoms with Crippen LogP contribution in [0.3, 0.4) is 0 Å². The third-order valence-corrected chi connectivity index (χ3v) is 2.32. The average molecular weight is 255 g/mol. The molecule has 0 saturated heterocycles. The minimum Gasteiger partial charge on any atom is -0.387 e. The highest BCUT2D eigenvalue weighted by Gasteiger charge is 2.16. The highest BCUT2D eigenvalue weighted by Crippen LogP contribution is 2.24. The number of alkyl halides is 2. The van der Waals surface area contributed by atoms with Crippen LogP contribution in [0.4, 0.5) is 8.78 Å². The number of aryl methyl sites for hydroxylation is 1. The Morgan fingerprint density at radius 3 is 2.81 bits per heavy atom. The minimum absolute atomic E-state index is 0.0486. The molecule has 0 aliphatic heterocycles. The lowest BCUT2D eigenvalue weighted by Crippen LogP contribution is -2.11. The molecule has 0 bridgehead atoms. The number of aromatic nitrogens is 2. The number of hydrogen-bond acceptors (Lipinski definition) is 3. The van der Waals surface area contributed by atoms with Crippen molar-refractivity contribution in [2.24, 2.45) is 7.05 Å². The number of halogens is 3. The molecule has 0 amide bonds. The van der Waals surface area contributed by atoms with Gasteiger partial charge < -0.3 is 9.84 Å². The molecule has 1 rings (SSSR count). The zero-order chi connectivity index (χ0) is 12.1. The maximum Gasteiger partial charge on any atom is 0.261 e. The standard InChI is InChI=1S/C9H13ClF2N2O2/c1-14-9(6(10)4-13-14)7(15)2-3-16-5-8(11)12/h4,7-8,15H,2-3,5H2,1H3. The van der Waals surface area contributed by atoms with Crippen molar-refractivity contribution >= 4 is 11.6 Å². The van der Waals surface area contributed by atoms with Gasteiger partial charge in [0.2, 0.25) is 0 Å². The van der Waals surface area contributed by atoms with E-state index >= 15 is 0 Å². The molecule has 0 radical (unpaired) electrons. The van der Waals surface area contributed by atoms with E-state index in [1.807, 2.05) is 0 Å². The summed E-state index contributed by atoms with van der Waals surface area (Å²) >= 11 is 5.80. The van der Waals surface area contributed by atoms with Gasteiger partial charge >= 0.3 is 0 Å². The van der Waals surface area contributed by atoms with E-state index in [1.165, 1.54) is 10.9 Å². The van der Waals surface area contributed by atoms with Gasteiger partial charge in [-0.05, 0) is 0 Å². The van der Waals surface area contributed by atoms with Gasteiger partial charge in [0.1, 0.15) is 6.61 Å². The Kier molecular flexibility index (Phi) is 5.11. The number of aliphatic hydroxyl groups is 1. The first kappa shape index (κ1) is 13.3. The van der Waals surface area contributed by atoms with Gasteiger partial charge in [0.05, 0.1) is 23.0 Å². The molecule has 0 aromatic carbocycles. The maximum absolute atomic E-state index is 11.7. The number of ether oxygens (including phenoxy) is 1. The number of hydrogen-bond donors (Lipinski definition) is 1. The van der Waals surface area contributed by atoms with E-state index in [2.05, 4.69) is 9.84 Å². The lowest BCUT2D eigenvalue weighted by atomic mass is 10.2. The van der Waals surface area contributed by atoms with Crippen LogP contribution in [0.15, 0.2) is 6.20 Å². The summed E-state index contributed by atoms with van der Waals surface area (Å²) in [6.45, 7) is -0.571. The minimum atomic E-state index is -2.49. The van der Waals surface area contributed by atoms with E-state index in [0.29, 0.717) is 10.7 Å². The van der Waals surface area contributed by atoms with Crippen molar-refractivity contribution in [1.29, 1.82) is 0 Å². The van der Waals surface area contributed by atoms with Crippen LogP contribution in [-0.4, -0.2) is 34.5 Å². The summed E-state index contributed by atoms with van der Waals surface area (Å²) in [6, 6.07) is 0. The summed E-state index contributed by atoms with van der Waals surface area (Å²) in [6.07, 6.45) is -1.73. The molecule has 0 aliphatic rings. The SMILES string of the molecule is Cn1ncc(Cl)c1C(O)CCOCC(F)F. The zero-order valence-corrected chi connectivity index (χ0v) is 9.49. The van der Waals surface area contributed by atoms with Gasteiger partial charge in [0.15, 0.2) is 0 Å². The largest absolute Gasteiger partial charge is 0.387 e. The number of rotatable bonds is 6. The molecule has 7 heteroatoms. The summed E-state index contributed by atoms with van der Waals surface area (Å²) in [4.78, 5) is 0. The molecule has 0 saturated carbocycles. The third kappa shape index (κ3) is 3.70. The van der Waals surface area contributed by atoms with Crippen LogP contribution in [0.5, 0.6) is 0 Å². The van der Waals surface area contributed by atoms with Crippen LogP contribution in [0, 0.1) is 0 Å². The van der Waals surface area contributed by atoms with Crippen molar-refractivity contribution in [3.63, 3.8) is 0 Å². The van der Waals surface area contributed by atoms with Crippen LogP contribution in [0.2, 0.25) is 5.02 Å². The topological polar surface area (TPSA) is 47.3 Å². The Morgan fingerprint density at radius 2 is 2.31 bits per heavy atom. The van der Waals surface area contributed by atoms with E-state index in [9.17, 15) is 13.9 Å². The fourth-order valence-electron chi connectivity index (χ4n) is 1.30. The predicted octanol–water partition coefficient (Wildman–Crippen LogP) is 1.78. The highest BCUT2D eigenvalue weighted by atomic mass is 35.5. The van der Waals surface area contributed by atoms with E-state index in [0.717, 1.165) is 0 Å². The second-order valence-corrected chi connectivity index (χ2v) is 3.68. The molecular weight excluding hydrogens is 242 g/mol. The molecule has 1 aromatic heterocycles. The first-order chi connectivity index (χ1) is 7.52. The van der Waals surface area contributed by atoms with Gasteiger partial charge in [-0.3, -0.25) is 4.68 Å². The van der Waals surface area contributed by atoms with Crippen molar-refractivity contribution in [3.05, 3.63) is 16.9 Å². The van der Waals surface area contributed by atoms with Crippen molar-refractivity contribution in [2.75, 3.05) is 13.2 Å². The quantitative estimate of drug-likeness (QED) is 0.787. The van der Waals surface area contributed by atoms with E-state index in [4.69, 9.17) is 11.6 Å². The summed E-state index contributed by atoms with van der Waals surface area (Å²) in [7, 11) is 1.64. The molecule has 4 nitrogen and oxygen atoms in total. The normalized spacial score (nSPS) is 13.4. The highest BCUT2D eigenvalue weighted by molar-refractivity contribution is 6.31. The molecule has 1 atom stereocenters. The Morgan fingerprint density at radius 1 is 1.62 bits per heavy atom. The molecule has 0 aliphatic carbocycles. The molecule has 1 unspecified atom stereocenters. The molecule has 92 valence electrons. The fourth-order valence-corrected chi connectivity index (χ4v) is 1.59. The van der Waals surface area contributed by atoms with Crippen molar-refractivity contribution < 1.29 is 18.6 Å². The Bertz CT molecular complexity index is 314. The van der Waals surface area contributed by atoms with Gasteiger partial charge in [-0.25, -0.2) is 8.78 Å². The number of nitrogens with zero attached hydrogens (tertiary/aromatic N) is 2. The predicted molar refractivity (Wildman–Crippen MR) is 54.6 cm³/mol. The summed E-state index contributed by atoms with van der Waals surface area (Å²) in [5, 5.41) is 13.9. The van der Waals surface area contributed by atoms with Gasteiger partial charge in [0.25, 0.3) is 6.43 Å². The monoisotopic (exact) mass is 254 g/mol. The molecular formula is C9H13ClF2N2O2. The van der Waals surface area contributed by atoms with E-state index < -0.39 is 19.1 Å². The Hall–Kier alpha value is -0.720. The van der Waals surface area contributed by atoms with Gasteiger partial charge in [-0.15, -0.1) is 0 Å². The first-order valence-corrected chi connectivity index (χ1v) is 5.11. The smallest absolute Gasteiger partial charge is 0.261 e. The fraction of sp³-hybridized carbons (Fsp3) is 0.667. The third-order valence-electron chi connectivity index (χ3n) is 2.03. The van der Waals surface area contributed by atoms with Crippen molar-refractivity contribution in [2.45, 2.75) is 19.0 Å². The van der Waals surface area contributed by atoms with Crippen LogP contribution < -0.4 is 0 Å². The van der Waals surface area contributed by atoms with Crippen LogP contribution >= 0.6 is 11.6 Å². The van der Waals surface area contributed by atoms with Crippen LogP contribution in [0.25, 0.3) is 0 Å². The van der Waals surface area contributed by atoms with Gasteiger partial charge in [-0.2, -0.15) is 5.10 Å². The van der Waals surface area contributed by atoms with Crippen LogP contribution in [0.1, 0.15) is 18.2 Å². The molecule has 0 fully saturated rings. The lowest BCUT2D eigenvalue weighted by molar-refractivity contribution is 0.00404. The maximum atomic E-state index is 11.7. The Labute approximate surface area is 96.8 Å². The molecule has 16 heavy (non-hydrogen) atoms. The summed E-state index contributed by atoms with van der Waals surface area (Å²) in [5.41, 5.74) is 0.460. The molecule has 1 heterocycles. The van der Waals surface area contributed by atoms with Crippen LogP contribution in [-0.2, 0) is 11.8 Å².